The molecule has 5 rings (SSSR count). The molecule has 1 unspecified atom stereocenters. The summed E-state index contributed by atoms with van der Waals surface area (Å²) < 4.78 is 10.5. The molecule has 0 saturated heterocycles. The minimum absolute atomic E-state index is 0.0528. The molecule has 0 radical (unpaired) electrons. The number of hydrogen-bond acceptors (Lipinski definition) is 5. The van der Waals surface area contributed by atoms with Crippen LogP contribution in [0.4, 0.5) is 5.69 Å². The van der Waals surface area contributed by atoms with Gasteiger partial charge < -0.3 is 9.47 Å². The second-order valence-corrected chi connectivity index (χ2v) is 8.77. The first-order chi connectivity index (χ1) is 18.1. The number of methoxy groups -OCH3 is 2. The zero-order valence-corrected chi connectivity index (χ0v) is 20.9. The highest BCUT2D eigenvalue weighted by atomic mass is 16.5. The van der Waals surface area contributed by atoms with Crippen molar-refractivity contribution in [2.75, 3.05) is 19.2 Å². The number of benzene rings is 4. The summed E-state index contributed by atoms with van der Waals surface area (Å²) >= 11 is 0. The molecule has 4 aromatic carbocycles. The minimum Gasteiger partial charge on any atom is -0.497 e. The van der Waals surface area contributed by atoms with E-state index in [1.165, 1.54) is 5.56 Å². The van der Waals surface area contributed by atoms with Crippen molar-refractivity contribution in [2.45, 2.75) is 12.5 Å². The number of nitrogens with zero attached hydrogens (tertiary/aromatic N) is 2. The van der Waals surface area contributed by atoms with Gasteiger partial charge in [-0.15, -0.1) is 0 Å². The van der Waals surface area contributed by atoms with Crippen molar-refractivity contribution in [3.63, 3.8) is 0 Å². The number of ether oxygens (including phenoxy) is 2. The van der Waals surface area contributed by atoms with Gasteiger partial charge in [0.05, 0.1) is 31.7 Å². The molecule has 4 aromatic rings. The Morgan fingerprint density at radius 2 is 1.43 bits per heavy atom. The highest BCUT2D eigenvalue weighted by Gasteiger charge is 2.29. The SMILES string of the molecule is COc1ccc(C(=O)C=Cc2ccc(N3N=C(c4ccccc4)CC3c3ccc(OC)cc3)cc2)cc1. The lowest BCUT2D eigenvalue weighted by Crippen LogP contribution is -2.18. The van der Waals surface area contributed by atoms with Gasteiger partial charge in [0.15, 0.2) is 5.78 Å². The standard InChI is InChI=1S/C32H28N2O3/c1-36-28-17-11-25(12-18-28)31-22-30(24-6-4-3-5-7-24)33-34(31)27-15-8-23(9-16-27)10-21-32(35)26-13-19-29(37-2)20-14-26/h3-21,31H,22H2,1-2H3. The third-order valence-electron chi connectivity index (χ3n) is 6.48. The fourth-order valence-electron chi connectivity index (χ4n) is 4.40. The topological polar surface area (TPSA) is 51.1 Å². The molecule has 0 amide bonds. The molecule has 1 aliphatic rings. The first-order valence-corrected chi connectivity index (χ1v) is 12.2. The number of carbonyl (C=O) groups is 1. The van der Waals surface area contributed by atoms with Crippen molar-refractivity contribution in [1.82, 2.24) is 0 Å². The van der Waals surface area contributed by atoms with Crippen molar-refractivity contribution in [1.29, 1.82) is 0 Å². The van der Waals surface area contributed by atoms with Crippen LogP contribution in [0.3, 0.4) is 0 Å². The van der Waals surface area contributed by atoms with Crippen LogP contribution < -0.4 is 14.5 Å². The van der Waals surface area contributed by atoms with Crippen LogP contribution in [0.15, 0.2) is 114 Å². The van der Waals surface area contributed by atoms with E-state index in [-0.39, 0.29) is 11.8 Å². The molecular formula is C32H28N2O3. The molecule has 0 aliphatic carbocycles. The predicted octanol–water partition coefficient (Wildman–Crippen LogP) is 6.96. The Morgan fingerprint density at radius 1 is 0.811 bits per heavy atom. The predicted molar refractivity (Wildman–Crippen MR) is 149 cm³/mol. The van der Waals surface area contributed by atoms with Gasteiger partial charge in [-0.3, -0.25) is 9.80 Å². The molecule has 5 nitrogen and oxygen atoms in total. The Bertz CT molecular complexity index is 1410. The van der Waals surface area contributed by atoms with Gasteiger partial charge in [-0.25, -0.2) is 0 Å². The molecule has 1 aliphatic heterocycles. The fraction of sp³-hybridized carbons (Fsp3) is 0.125. The third kappa shape index (κ3) is 5.46. The summed E-state index contributed by atoms with van der Waals surface area (Å²) in [5.41, 5.74) is 5.90. The van der Waals surface area contributed by atoms with E-state index < -0.39 is 0 Å². The van der Waals surface area contributed by atoms with E-state index in [0.717, 1.165) is 40.4 Å². The monoisotopic (exact) mass is 488 g/mol. The maximum atomic E-state index is 12.5. The second kappa shape index (κ2) is 11.0. The molecule has 1 heterocycles. The molecule has 0 fully saturated rings. The lowest BCUT2D eigenvalue weighted by molar-refractivity contribution is 0.104. The second-order valence-electron chi connectivity index (χ2n) is 8.77. The smallest absolute Gasteiger partial charge is 0.185 e. The molecule has 0 aromatic heterocycles. The summed E-state index contributed by atoms with van der Waals surface area (Å²) in [5.74, 6) is 1.50. The number of ketones is 1. The maximum Gasteiger partial charge on any atom is 0.185 e. The number of allylic oxidation sites excluding steroid dienone is 1. The van der Waals surface area contributed by atoms with Gasteiger partial charge >= 0.3 is 0 Å². The lowest BCUT2D eigenvalue weighted by Gasteiger charge is -2.24. The Hall–Kier alpha value is -4.64. The Morgan fingerprint density at radius 3 is 2.05 bits per heavy atom. The van der Waals surface area contributed by atoms with Gasteiger partial charge in [0.25, 0.3) is 0 Å². The summed E-state index contributed by atoms with van der Waals surface area (Å²) in [6.07, 6.45) is 4.23. The van der Waals surface area contributed by atoms with Crippen molar-refractivity contribution >= 4 is 23.3 Å². The van der Waals surface area contributed by atoms with E-state index in [1.807, 2.05) is 60.7 Å². The van der Waals surface area contributed by atoms with Crippen molar-refractivity contribution < 1.29 is 14.3 Å². The quantitative estimate of drug-likeness (QED) is 0.199. The normalized spacial score (nSPS) is 15.0. The fourth-order valence-corrected chi connectivity index (χ4v) is 4.40. The molecule has 5 heteroatoms. The molecule has 0 saturated carbocycles. The summed E-state index contributed by atoms with van der Waals surface area (Å²) in [6, 6.07) is 33.8. The highest BCUT2D eigenvalue weighted by Crippen LogP contribution is 2.37. The number of hydrogen-bond donors (Lipinski definition) is 0. The van der Waals surface area contributed by atoms with Crippen LogP contribution in [-0.2, 0) is 0 Å². The van der Waals surface area contributed by atoms with Crippen molar-refractivity contribution in [2.24, 2.45) is 5.10 Å². The van der Waals surface area contributed by atoms with E-state index in [9.17, 15) is 4.79 Å². The Kier molecular flexibility index (Phi) is 7.13. The zero-order chi connectivity index (χ0) is 25.6. The lowest BCUT2D eigenvalue weighted by atomic mass is 9.98. The van der Waals surface area contributed by atoms with Gasteiger partial charge in [0, 0.05) is 12.0 Å². The van der Waals surface area contributed by atoms with E-state index in [0.29, 0.717) is 5.56 Å². The van der Waals surface area contributed by atoms with E-state index in [2.05, 4.69) is 29.3 Å². The van der Waals surface area contributed by atoms with E-state index >= 15 is 0 Å². The Labute approximate surface area is 217 Å². The highest BCUT2D eigenvalue weighted by molar-refractivity contribution is 6.07. The van der Waals surface area contributed by atoms with Crippen LogP contribution in [0.1, 0.15) is 39.5 Å². The summed E-state index contributed by atoms with van der Waals surface area (Å²) in [6.45, 7) is 0. The third-order valence-corrected chi connectivity index (χ3v) is 6.48. The largest absolute Gasteiger partial charge is 0.497 e. The number of hydrazone groups is 1. The molecule has 0 N–H and O–H groups in total. The van der Waals surface area contributed by atoms with Gasteiger partial charge in [-0.05, 0) is 71.3 Å². The van der Waals surface area contributed by atoms with Crippen LogP contribution in [0, 0.1) is 0 Å². The molecule has 0 bridgehead atoms. The van der Waals surface area contributed by atoms with Crippen molar-refractivity contribution in [3.8, 4) is 11.5 Å². The summed E-state index contributed by atoms with van der Waals surface area (Å²) in [4.78, 5) is 12.5. The first-order valence-electron chi connectivity index (χ1n) is 12.2. The van der Waals surface area contributed by atoms with Crippen molar-refractivity contribution in [3.05, 3.63) is 131 Å². The van der Waals surface area contributed by atoms with Crippen LogP contribution >= 0.6 is 0 Å². The number of anilines is 1. The van der Waals surface area contributed by atoms with E-state index in [1.54, 1.807) is 44.6 Å². The molecular weight excluding hydrogens is 460 g/mol. The van der Waals surface area contributed by atoms with Gasteiger partial charge in [-0.1, -0.05) is 60.7 Å². The van der Waals surface area contributed by atoms with Crippen LogP contribution in [-0.4, -0.2) is 25.7 Å². The van der Waals surface area contributed by atoms with Crippen LogP contribution in [0.5, 0.6) is 11.5 Å². The van der Waals surface area contributed by atoms with Gasteiger partial charge in [0.2, 0.25) is 0 Å². The van der Waals surface area contributed by atoms with Gasteiger partial charge in [-0.2, -0.15) is 5.10 Å². The first kappa shape index (κ1) is 24.1. The molecule has 0 spiro atoms. The minimum atomic E-state index is -0.0528. The van der Waals surface area contributed by atoms with Crippen LogP contribution in [0.25, 0.3) is 6.08 Å². The van der Waals surface area contributed by atoms with Crippen LogP contribution in [0.2, 0.25) is 0 Å². The van der Waals surface area contributed by atoms with Gasteiger partial charge in [0.1, 0.15) is 11.5 Å². The summed E-state index contributed by atoms with van der Waals surface area (Å²) in [5, 5.41) is 7.11. The number of rotatable bonds is 8. The average Bonchev–Trinajstić information content (AvgIpc) is 3.42. The average molecular weight is 489 g/mol. The zero-order valence-electron chi connectivity index (χ0n) is 20.9. The molecule has 37 heavy (non-hydrogen) atoms. The molecule has 184 valence electrons. The number of carbonyl (C=O) groups excluding carboxylic acids is 1. The Balaban J connectivity index is 1.38. The summed E-state index contributed by atoms with van der Waals surface area (Å²) in [7, 11) is 3.28. The maximum absolute atomic E-state index is 12.5. The molecule has 1 atom stereocenters. The van der Waals surface area contributed by atoms with E-state index in [4.69, 9.17) is 14.6 Å².